The molecule has 0 N–H and O–H groups in total. The predicted molar refractivity (Wildman–Crippen MR) is 202 cm³/mol. The SMILES string of the molecule is c1ccc(-c2cccc(-c3nc(-c4ccccc4)nc(-c4cccc(-c5ccc6c(c5)oc5cc7c(cc56)oc5ccccc57)c4)n3)c2)cc1. The first kappa shape index (κ1) is 28.2. The second-order valence-corrected chi connectivity index (χ2v) is 12.5. The molecule has 3 heterocycles. The number of rotatable bonds is 5. The van der Waals surface area contributed by atoms with Gasteiger partial charge in [0.15, 0.2) is 17.5 Å². The summed E-state index contributed by atoms with van der Waals surface area (Å²) in [4.78, 5) is 15.0. The number of aromatic nitrogens is 3. The van der Waals surface area contributed by atoms with E-state index in [9.17, 15) is 0 Å². The highest BCUT2D eigenvalue weighted by Crippen LogP contribution is 2.38. The minimum absolute atomic E-state index is 0.612. The Balaban J connectivity index is 1.07. The topological polar surface area (TPSA) is 65.0 Å². The molecule has 5 heteroatoms. The minimum atomic E-state index is 0.612. The summed E-state index contributed by atoms with van der Waals surface area (Å²) in [6.45, 7) is 0. The Morgan fingerprint density at radius 3 is 1.36 bits per heavy atom. The summed E-state index contributed by atoms with van der Waals surface area (Å²) in [5.41, 5.74) is 10.5. The lowest BCUT2D eigenvalue weighted by atomic mass is 10.0. The Hall–Kier alpha value is -6.85. The van der Waals surface area contributed by atoms with E-state index in [2.05, 4.69) is 109 Å². The average Bonchev–Trinajstić information content (AvgIpc) is 3.74. The second-order valence-electron chi connectivity index (χ2n) is 12.5. The van der Waals surface area contributed by atoms with Crippen LogP contribution >= 0.6 is 0 Å². The molecule has 0 saturated heterocycles. The van der Waals surface area contributed by atoms with Crippen molar-refractivity contribution in [3.05, 3.63) is 164 Å². The van der Waals surface area contributed by atoms with Gasteiger partial charge in [0.2, 0.25) is 0 Å². The lowest BCUT2D eigenvalue weighted by Crippen LogP contribution is -2.00. The first-order chi connectivity index (χ1) is 24.7. The molecule has 0 amide bonds. The molecule has 0 fully saturated rings. The van der Waals surface area contributed by atoms with Crippen molar-refractivity contribution in [1.29, 1.82) is 0 Å². The van der Waals surface area contributed by atoms with Gasteiger partial charge in [0.25, 0.3) is 0 Å². The van der Waals surface area contributed by atoms with Crippen molar-refractivity contribution in [2.24, 2.45) is 0 Å². The first-order valence-electron chi connectivity index (χ1n) is 16.6. The fourth-order valence-electron chi connectivity index (χ4n) is 6.83. The fraction of sp³-hybridized carbons (Fsp3) is 0. The van der Waals surface area contributed by atoms with Crippen molar-refractivity contribution >= 4 is 43.9 Å². The van der Waals surface area contributed by atoms with E-state index < -0.39 is 0 Å². The Morgan fingerprint density at radius 1 is 0.260 bits per heavy atom. The van der Waals surface area contributed by atoms with Gasteiger partial charge in [-0.1, -0.05) is 121 Å². The van der Waals surface area contributed by atoms with Crippen LogP contribution in [0.15, 0.2) is 173 Å². The molecule has 0 spiro atoms. The standard InChI is InChI=1S/C45H27N3O2/c1-3-11-28(12-4-1)30-15-9-17-33(23-30)44-46-43(29-13-5-2-6-14-29)47-45(48-44)34-18-10-16-31(24-34)32-21-22-36-38-27-41-37(26-42(38)50-40(36)25-32)35-19-7-8-20-39(35)49-41/h1-27H. The molecule has 0 radical (unpaired) electrons. The summed E-state index contributed by atoms with van der Waals surface area (Å²) >= 11 is 0. The van der Waals surface area contributed by atoms with Gasteiger partial charge in [-0.2, -0.15) is 0 Å². The van der Waals surface area contributed by atoms with Crippen LogP contribution in [0.2, 0.25) is 0 Å². The van der Waals surface area contributed by atoms with Crippen molar-refractivity contribution in [2.45, 2.75) is 0 Å². The number of furan rings is 2. The molecular weight excluding hydrogens is 615 g/mol. The maximum absolute atomic E-state index is 6.45. The zero-order valence-electron chi connectivity index (χ0n) is 26.7. The molecule has 234 valence electrons. The third kappa shape index (κ3) is 4.83. The van der Waals surface area contributed by atoms with Gasteiger partial charge in [0.05, 0.1) is 0 Å². The Bertz CT molecular complexity index is 2870. The van der Waals surface area contributed by atoms with Gasteiger partial charge in [0.1, 0.15) is 22.3 Å². The maximum Gasteiger partial charge on any atom is 0.164 e. The molecule has 0 unspecified atom stereocenters. The van der Waals surface area contributed by atoms with Gasteiger partial charge in [0, 0.05) is 38.2 Å². The molecule has 5 nitrogen and oxygen atoms in total. The van der Waals surface area contributed by atoms with E-state index >= 15 is 0 Å². The first-order valence-corrected chi connectivity index (χ1v) is 16.6. The summed E-state index contributed by atoms with van der Waals surface area (Å²) in [6.07, 6.45) is 0. The molecule has 0 bridgehead atoms. The maximum atomic E-state index is 6.45. The summed E-state index contributed by atoms with van der Waals surface area (Å²) in [5, 5.41) is 4.23. The van der Waals surface area contributed by atoms with Crippen LogP contribution in [0.25, 0.3) is 100 Å². The van der Waals surface area contributed by atoms with Gasteiger partial charge in [-0.25, -0.2) is 15.0 Å². The van der Waals surface area contributed by atoms with E-state index in [1.54, 1.807) is 0 Å². The minimum Gasteiger partial charge on any atom is -0.456 e. The van der Waals surface area contributed by atoms with E-state index in [0.717, 1.165) is 82.8 Å². The largest absolute Gasteiger partial charge is 0.456 e. The van der Waals surface area contributed by atoms with Gasteiger partial charge in [-0.3, -0.25) is 0 Å². The molecule has 10 rings (SSSR count). The summed E-state index contributed by atoms with van der Waals surface area (Å²) < 4.78 is 12.6. The van der Waals surface area contributed by atoms with Crippen LogP contribution < -0.4 is 0 Å². The molecular formula is C45H27N3O2. The third-order valence-electron chi connectivity index (χ3n) is 9.32. The Labute approximate surface area is 287 Å². The van der Waals surface area contributed by atoms with E-state index in [1.807, 2.05) is 54.6 Å². The van der Waals surface area contributed by atoms with Crippen LogP contribution in [0.3, 0.4) is 0 Å². The monoisotopic (exact) mass is 641 g/mol. The summed E-state index contributed by atoms with van der Waals surface area (Å²) in [6, 6.07) is 55.8. The number of para-hydroxylation sites is 1. The predicted octanol–water partition coefficient (Wildman–Crippen LogP) is 12.0. The lowest BCUT2D eigenvalue weighted by Gasteiger charge is -2.10. The van der Waals surface area contributed by atoms with Crippen LogP contribution in [0, 0.1) is 0 Å². The number of fused-ring (bicyclic) bond motifs is 6. The van der Waals surface area contributed by atoms with E-state index in [-0.39, 0.29) is 0 Å². The molecule has 10 aromatic rings. The van der Waals surface area contributed by atoms with Crippen LogP contribution in [0.4, 0.5) is 0 Å². The van der Waals surface area contributed by atoms with Crippen LogP contribution in [-0.2, 0) is 0 Å². The Morgan fingerprint density at radius 2 is 0.700 bits per heavy atom. The molecule has 0 aliphatic carbocycles. The number of nitrogens with zero attached hydrogens (tertiary/aromatic N) is 3. The second kappa shape index (κ2) is 11.4. The molecule has 3 aromatic heterocycles. The molecule has 0 aliphatic rings. The zero-order chi connectivity index (χ0) is 33.0. The Kier molecular flexibility index (Phi) is 6.42. The highest BCUT2D eigenvalue weighted by molar-refractivity contribution is 6.15. The van der Waals surface area contributed by atoms with Crippen molar-refractivity contribution in [3.8, 4) is 56.4 Å². The number of benzene rings is 7. The molecule has 0 atom stereocenters. The van der Waals surface area contributed by atoms with Crippen LogP contribution in [-0.4, -0.2) is 15.0 Å². The van der Waals surface area contributed by atoms with Gasteiger partial charge < -0.3 is 8.83 Å². The lowest BCUT2D eigenvalue weighted by molar-refractivity contribution is 0.664. The van der Waals surface area contributed by atoms with Crippen LogP contribution in [0.1, 0.15) is 0 Å². The average molecular weight is 642 g/mol. The molecule has 50 heavy (non-hydrogen) atoms. The number of hydrogen-bond acceptors (Lipinski definition) is 5. The normalized spacial score (nSPS) is 11.6. The summed E-state index contributed by atoms with van der Waals surface area (Å²) in [5.74, 6) is 1.86. The van der Waals surface area contributed by atoms with Crippen molar-refractivity contribution in [2.75, 3.05) is 0 Å². The van der Waals surface area contributed by atoms with Crippen LogP contribution in [0.5, 0.6) is 0 Å². The van der Waals surface area contributed by atoms with Gasteiger partial charge in [-0.05, 0) is 64.7 Å². The van der Waals surface area contributed by atoms with Crippen molar-refractivity contribution in [1.82, 2.24) is 15.0 Å². The summed E-state index contributed by atoms with van der Waals surface area (Å²) in [7, 11) is 0. The molecule has 0 saturated carbocycles. The van der Waals surface area contributed by atoms with E-state index in [4.69, 9.17) is 23.8 Å². The molecule has 0 aliphatic heterocycles. The fourth-order valence-corrected chi connectivity index (χ4v) is 6.83. The third-order valence-corrected chi connectivity index (χ3v) is 9.32. The van der Waals surface area contributed by atoms with Crippen molar-refractivity contribution < 1.29 is 8.83 Å². The smallest absolute Gasteiger partial charge is 0.164 e. The number of hydrogen-bond donors (Lipinski definition) is 0. The zero-order valence-corrected chi connectivity index (χ0v) is 26.7. The quantitative estimate of drug-likeness (QED) is 0.187. The van der Waals surface area contributed by atoms with E-state index in [1.165, 1.54) is 0 Å². The van der Waals surface area contributed by atoms with Crippen molar-refractivity contribution in [3.63, 3.8) is 0 Å². The highest BCUT2D eigenvalue weighted by atomic mass is 16.3. The van der Waals surface area contributed by atoms with E-state index in [0.29, 0.717) is 17.5 Å². The highest BCUT2D eigenvalue weighted by Gasteiger charge is 2.16. The molecule has 7 aromatic carbocycles. The van der Waals surface area contributed by atoms with Gasteiger partial charge >= 0.3 is 0 Å². The van der Waals surface area contributed by atoms with Gasteiger partial charge in [-0.15, -0.1) is 0 Å².